The number of nitrogens with one attached hydrogen (secondary N) is 5. The number of aliphatic hydroxyl groups excluding tert-OH is 1. The molecule has 4 amide bonds. The molecule has 0 aliphatic carbocycles. The monoisotopic (exact) mass is 971 g/mol. The number of nitrogens with two attached hydrogens (primary N) is 1. The van der Waals surface area contributed by atoms with E-state index in [9.17, 15) is 37.1 Å². The predicted molar refractivity (Wildman–Crippen MR) is 233 cm³/mol. The van der Waals surface area contributed by atoms with Crippen LogP contribution in [0.5, 0.6) is 0 Å². The Labute approximate surface area is 376 Å². The van der Waals surface area contributed by atoms with Crippen LogP contribution in [0.15, 0.2) is 70.2 Å². The van der Waals surface area contributed by atoms with Crippen molar-refractivity contribution >= 4 is 78.4 Å². The van der Waals surface area contributed by atoms with Crippen LogP contribution in [0.2, 0.25) is 0 Å². The number of fused-ring (bicyclic) bond motifs is 1. The summed E-state index contributed by atoms with van der Waals surface area (Å²) in [6, 6.07) is 12.7. The van der Waals surface area contributed by atoms with Gasteiger partial charge in [0.1, 0.15) is 17.9 Å². The highest BCUT2D eigenvalue weighted by molar-refractivity contribution is 9.10. The third-order valence-electron chi connectivity index (χ3n) is 9.81. The number of carbonyl (C=O) groups excluding carboxylic acids is 4. The lowest BCUT2D eigenvalue weighted by Crippen LogP contribution is -2.57. The van der Waals surface area contributed by atoms with Crippen LogP contribution in [0.25, 0.3) is 0 Å². The third-order valence-corrected chi connectivity index (χ3v) is 12.0. The van der Waals surface area contributed by atoms with Gasteiger partial charge in [0, 0.05) is 37.1 Å². The lowest BCUT2D eigenvalue weighted by molar-refractivity contribution is -0.129. The van der Waals surface area contributed by atoms with Crippen LogP contribution in [0, 0.1) is 12.7 Å². The Bertz CT molecular complexity index is 2470. The van der Waals surface area contributed by atoms with Crippen LogP contribution in [0.4, 0.5) is 33.2 Å². The normalized spacial score (nSPS) is 16.1. The Morgan fingerprint density at radius 1 is 0.922 bits per heavy atom. The van der Waals surface area contributed by atoms with Gasteiger partial charge < -0.3 is 51.1 Å². The number of hydrogen-bond acceptors (Lipinski definition) is 16. The van der Waals surface area contributed by atoms with Crippen LogP contribution in [-0.2, 0) is 33.8 Å². The zero-order chi connectivity index (χ0) is 45.8. The number of sulfonamides is 1. The van der Waals surface area contributed by atoms with Gasteiger partial charge in [-0.3, -0.25) is 24.1 Å². The fourth-order valence-electron chi connectivity index (χ4n) is 6.82. The van der Waals surface area contributed by atoms with E-state index in [4.69, 9.17) is 24.7 Å². The zero-order valence-electron chi connectivity index (χ0n) is 34.5. The molecule has 0 radical (unpaired) electrons. The van der Waals surface area contributed by atoms with Gasteiger partial charge in [0.05, 0.1) is 90.6 Å². The molecule has 8 N–H and O–H groups in total. The molecule has 1 aromatic heterocycles. The van der Waals surface area contributed by atoms with Crippen molar-refractivity contribution in [2.75, 3.05) is 81.9 Å². The number of carbonyl (C=O) groups is 4. The van der Waals surface area contributed by atoms with E-state index in [1.807, 2.05) is 0 Å². The summed E-state index contributed by atoms with van der Waals surface area (Å²) in [4.78, 5) is 59.4. The molecule has 2 aliphatic heterocycles. The molecular weight excluding hydrogens is 925 g/mol. The summed E-state index contributed by atoms with van der Waals surface area (Å²) in [5.41, 5.74) is 7.01. The van der Waals surface area contributed by atoms with Gasteiger partial charge in [-0.25, -0.2) is 22.5 Å². The number of amides is 4. The van der Waals surface area contributed by atoms with Gasteiger partial charge in [-0.15, -0.1) is 0 Å². The number of primary amides is 1. The Morgan fingerprint density at radius 2 is 1.58 bits per heavy atom. The maximum atomic E-state index is 14.3. The van der Waals surface area contributed by atoms with Crippen molar-refractivity contribution in [3.05, 3.63) is 93.3 Å². The summed E-state index contributed by atoms with van der Waals surface area (Å²) in [5, 5.41) is 21.7. The summed E-state index contributed by atoms with van der Waals surface area (Å²) in [6.07, 6.45) is 0.394. The average Bonchev–Trinajstić information content (AvgIpc) is 3.50. The van der Waals surface area contributed by atoms with E-state index >= 15 is 0 Å². The highest BCUT2D eigenvalue weighted by Gasteiger charge is 2.45. The third kappa shape index (κ3) is 12.1. The largest absolute Gasteiger partial charge is 0.382 e. The van der Waals surface area contributed by atoms with E-state index < -0.39 is 45.8 Å². The fraction of sp³-hybridized carbons (Fsp3) is 0.366. The molecule has 0 spiro atoms. The predicted octanol–water partition coefficient (Wildman–Crippen LogP) is 2.92. The number of ether oxygens (including phenoxy) is 4. The number of aryl methyl sites for hydroxylation is 1. The van der Waals surface area contributed by atoms with Gasteiger partial charge >= 0.3 is 0 Å². The first-order valence-electron chi connectivity index (χ1n) is 20.0. The summed E-state index contributed by atoms with van der Waals surface area (Å²) in [6.45, 7) is 4.22. The number of piperidine rings is 1. The number of anilines is 5. The lowest BCUT2D eigenvalue weighted by Gasteiger charge is -2.33. The van der Waals surface area contributed by atoms with Gasteiger partial charge in [-0.05, 0) is 77.3 Å². The molecule has 64 heavy (non-hydrogen) atoms. The molecule has 3 aromatic carbocycles. The minimum absolute atomic E-state index is 0.0308. The number of halogens is 2. The highest BCUT2D eigenvalue weighted by atomic mass is 79.9. The first-order valence-corrected chi connectivity index (χ1v) is 22.3. The Morgan fingerprint density at radius 3 is 2.25 bits per heavy atom. The second-order valence-electron chi connectivity index (χ2n) is 14.2. The van der Waals surface area contributed by atoms with Crippen LogP contribution in [0.3, 0.4) is 0 Å². The molecule has 1 saturated heterocycles. The summed E-state index contributed by atoms with van der Waals surface area (Å²) < 4.78 is 65.4. The van der Waals surface area contributed by atoms with E-state index in [1.54, 1.807) is 37.3 Å². The first kappa shape index (κ1) is 47.8. The van der Waals surface area contributed by atoms with Gasteiger partial charge in [0.2, 0.25) is 21.9 Å². The minimum Gasteiger partial charge on any atom is -0.382 e. The van der Waals surface area contributed by atoms with E-state index in [1.165, 1.54) is 24.4 Å². The maximum Gasteiger partial charge on any atom is 0.264 e. The number of aromatic nitrogens is 2. The van der Waals surface area contributed by atoms with Gasteiger partial charge in [-0.2, -0.15) is 4.98 Å². The second-order valence-corrected chi connectivity index (χ2v) is 16.8. The van der Waals surface area contributed by atoms with Crippen molar-refractivity contribution in [1.82, 2.24) is 24.9 Å². The van der Waals surface area contributed by atoms with Crippen molar-refractivity contribution < 1.29 is 56.0 Å². The van der Waals surface area contributed by atoms with Crippen LogP contribution in [-0.4, -0.2) is 130 Å². The Hall–Kier alpha value is -5.66. The second kappa shape index (κ2) is 22.3. The van der Waals surface area contributed by atoms with Gasteiger partial charge in [0.25, 0.3) is 17.7 Å². The average molecular weight is 973 g/mol. The highest BCUT2D eigenvalue weighted by Crippen LogP contribution is 2.33. The molecule has 20 nitrogen and oxygen atoms in total. The van der Waals surface area contributed by atoms with Crippen molar-refractivity contribution in [2.24, 2.45) is 5.73 Å². The standard InChI is InChI=1S/C41H47BrFN9O11S/c1-24-22-25(48-41-46-23-27(42)37(51-41)49-30-7-3-5-28(43)35(30)36(44)54)8-10-32(24)64(58,59)47-13-15-61-17-19-63-21-20-62-18-16-60-14-12-45-29-6-2-4-26-34(29)40(57)52(39(26)56)31-9-11-33(53)50-38(31)55/h2-8,10,22-23,31,38,45,47,55H,9,11-21H2,1H3,(H2,44,54)(H,50,53)(H2,46,48,49,51). The molecule has 6 rings (SSSR count). The fourth-order valence-corrected chi connectivity index (χ4v) is 8.34. The van der Waals surface area contributed by atoms with E-state index in [-0.39, 0.29) is 84.2 Å². The Balaban J connectivity index is 0.808. The first-order chi connectivity index (χ1) is 30.7. The number of aliphatic hydroxyl groups is 1. The SMILES string of the molecule is Cc1cc(Nc2ncc(Br)c(Nc3cccc(F)c3C(N)=O)n2)ccc1S(=O)(=O)NCCOCCOCCOCCOCCNc1cccc2c1C(=O)N(C1CCC(=O)NC1O)C2=O. The molecule has 4 aromatic rings. The van der Waals surface area contributed by atoms with Crippen molar-refractivity contribution in [3.8, 4) is 0 Å². The Kier molecular flexibility index (Phi) is 16.7. The number of imide groups is 1. The molecule has 2 unspecified atom stereocenters. The van der Waals surface area contributed by atoms with Crippen molar-refractivity contribution in [3.63, 3.8) is 0 Å². The molecule has 3 heterocycles. The summed E-state index contributed by atoms with van der Waals surface area (Å²) in [5.74, 6) is -2.77. The molecule has 23 heteroatoms. The van der Waals surface area contributed by atoms with E-state index in [0.29, 0.717) is 61.0 Å². The summed E-state index contributed by atoms with van der Waals surface area (Å²) >= 11 is 3.33. The van der Waals surface area contributed by atoms with Gasteiger partial charge in [0.15, 0.2) is 0 Å². The zero-order valence-corrected chi connectivity index (χ0v) is 36.9. The van der Waals surface area contributed by atoms with E-state index in [2.05, 4.69) is 51.9 Å². The van der Waals surface area contributed by atoms with Crippen LogP contribution in [0.1, 0.15) is 49.5 Å². The minimum atomic E-state index is -3.86. The van der Waals surface area contributed by atoms with Crippen LogP contribution >= 0.6 is 15.9 Å². The van der Waals surface area contributed by atoms with Crippen LogP contribution < -0.4 is 31.7 Å². The number of rotatable bonds is 24. The number of hydrogen-bond donors (Lipinski definition) is 7. The molecule has 2 atom stereocenters. The van der Waals surface area contributed by atoms with E-state index in [0.717, 1.165) is 11.0 Å². The lowest BCUT2D eigenvalue weighted by atomic mass is 10.0. The number of benzene rings is 3. The van der Waals surface area contributed by atoms with Crippen molar-refractivity contribution in [1.29, 1.82) is 0 Å². The molecule has 0 saturated carbocycles. The molecule has 2 aliphatic rings. The molecule has 0 bridgehead atoms. The van der Waals surface area contributed by atoms with Crippen molar-refractivity contribution in [2.45, 2.75) is 36.9 Å². The van der Waals surface area contributed by atoms with Gasteiger partial charge in [-0.1, -0.05) is 12.1 Å². The smallest absolute Gasteiger partial charge is 0.264 e. The topological polar surface area (TPSA) is 275 Å². The maximum absolute atomic E-state index is 14.3. The molecule has 342 valence electrons. The summed E-state index contributed by atoms with van der Waals surface area (Å²) in [7, 11) is -3.86. The molecule has 1 fully saturated rings. The quantitative estimate of drug-likeness (QED) is 0.0393. The molecular formula is C41H47BrFN9O11S. The number of nitrogens with zero attached hydrogens (tertiary/aromatic N) is 3.